The lowest BCUT2D eigenvalue weighted by Gasteiger charge is -2.10. The van der Waals surface area contributed by atoms with Crippen molar-refractivity contribution >= 4 is 39.2 Å². The Hall–Kier alpha value is -1.18. The fourth-order valence-electron chi connectivity index (χ4n) is 1.78. The third kappa shape index (κ3) is 4.66. The highest BCUT2D eigenvalue weighted by molar-refractivity contribution is 8.00. The second-order valence-corrected chi connectivity index (χ2v) is 6.99. The number of aryl methyl sites for hydroxylation is 1. The van der Waals surface area contributed by atoms with E-state index in [2.05, 4.69) is 28.3 Å². The number of nitrogens with zero attached hydrogens (tertiary/aromatic N) is 3. The van der Waals surface area contributed by atoms with E-state index in [0.29, 0.717) is 12.3 Å². The first-order valence-corrected chi connectivity index (χ1v) is 8.68. The van der Waals surface area contributed by atoms with Crippen LogP contribution in [0.3, 0.4) is 0 Å². The molecule has 0 fully saturated rings. The van der Waals surface area contributed by atoms with Gasteiger partial charge >= 0.3 is 0 Å². The summed E-state index contributed by atoms with van der Waals surface area (Å²) in [4.78, 5) is 24.7. The minimum Gasteiger partial charge on any atom is -0.354 e. The van der Waals surface area contributed by atoms with E-state index in [1.54, 1.807) is 17.7 Å². The summed E-state index contributed by atoms with van der Waals surface area (Å²) in [5.41, 5.74) is 0. The van der Waals surface area contributed by atoms with E-state index in [0.717, 1.165) is 28.2 Å². The highest BCUT2D eigenvalue weighted by Crippen LogP contribution is 2.30. The van der Waals surface area contributed by atoms with Crippen molar-refractivity contribution < 1.29 is 4.79 Å². The van der Waals surface area contributed by atoms with Gasteiger partial charge in [0.05, 0.1) is 5.75 Å². The average Bonchev–Trinajstić information content (AvgIpc) is 2.88. The first-order valence-electron chi connectivity index (χ1n) is 6.87. The molecule has 0 aliphatic carbocycles. The number of thiophene rings is 1. The van der Waals surface area contributed by atoms with Crippen molar-refractivity contribution in [3.8, 4) is 0 Å². The highest BCUT2D eigenvalue weighted by atomic mass is 32.2. The molecule has 2 rings (SSSR count). The number of likely N-dealkylation sites (N-methyl/N-ethyl adjacent to an activating group) is 1. The van der Waals surface area contributed by atoms with Gasteiger partial charge in [0, 0.05) is 23.4 Å². The number of amides is 1. The fraction of sp³-hybridized carbons (Fsp3) is 0.500. The van der Waals surface area contributed by atoms with Crippen LogP contribution in [0.1, 0.15) is 11.8 Å². The molecule has 0 bridgehead atoms. The molecule has 0 unspecified atom stereocenters. The van der Waals surface area contributed by atoms with E-state index < -0.39 is 0 Å². The Morgan fingerprint density at radius 1 is 1.43 bits per heavy atom. The number of aromatic nitrogens is 2. The lowest BCUT2D eigenvalue weighted by atomic mass is 10.3. The van der Waals surface area contributed by atoms with Crippen molar-refractivity contribution in [3.63, 3.8) is 0 Å². The van der Waals surface area contributed by atoms with Gasteiger partial charge in [-0.05, 0) is 26.6 Å². The standard InChI is InChI=1S/C14H20N4OS2/c1-4-10-7-11-13(16-9-17-14(11)21-10)20-8-12(19)15-5-6-18(2)3/h7,9H,4-6,8H2,1-3H3,(H,15,19). The van der Waals surface area contributed by atoms with Crippen LogP contribution >= 0.6 is 23.1 Å². The van der Waals surface area contributed by atoms with Gasteiger partial charge in [-0.2, -0.15) is 0 Å². The van der Waals surface area contributed by atoms with Crippen molar-refractivity contribution in [2.24, 2.45) is 0 Å². The van der Waals surface area contributed by atoms with Crippen molar-refractivity contribution in [1.82, 2.24) is 20.2 Å². The summed E-state index contributed by atoms with van der Waals surface area (Å²) in [6.45, 7) is 3.64. The molecule has 0 saturated heterocycles. The van der Waals surface area contributed by atoms with Crippen LogP contribution in [-0.2, 0) is 11.2 Å². The number of carbonyl (C=O) groups is 1. The average molecular weight is 324 g/mol. The Morgan fingerprint density at radius 2 is 2.24 bits per heavy atom. The van der Waals surface area contributed by atoms with E-state index in [1.807, 2.05) is 19.0 Å². The van der Waals surface area contributed by atoms with Gasteiger partial charge in [-0.3, -0.25) is 4.79 Å². The summed E-state index contributed by atoms with van der Waals surface area (Å²) < 4.78 is 0. The number of hydrogen-bond acceptors (Lipinski definition) is 6. The van der Waals surface area contributed by atoms with E-state index in [1.165, 1.54) is 16.6 Å². The molecule has 0 atom stereocenters. The molecular formula is C14H20N4OS2. The summed E-state index contributed by atoms with van der Waals surface area (Å²) in [5, 5.41) is 4.85. The van der Waals surface area contributed by atoms with Gasteiger partial charge in [-0.1, -0.05) is 18.7 Å². The van der Waals surface area contributed by atoms with E-state index >= 15 is 0 Å². The van der Waals surface area contributed by atoms with Gasteiger partial charge in [0.1, 0.15) is 16.2 Å². The van der Waals surface area contributed by atoms with Crippen LogP contribution in [0.15, 0.2) is 17.4 Å². The van der Waals surface area contributed by atoms with Gasteiger partial charge in [0.25, 0.3) is 0 Å². The zero-order valence-corrected chi connectivity index (χ0v) is 14.2. The first-order chi connectivity index (χ1) is 10.1. The predicted octanol–water partition coefficient (Wildman–Crippen LogP) is 2.02. The largest absolute Gasteiger partial charge is 0.354 e. The van der Waals surface area contributed by atoms with Crippen LogP contribution in [-0.4, -0.2) is 53.7 Å². The molecule has 0 radical (unpaired) electrons. The predicted molar refractivity (Wildman–Crippen MR) is 89.1 cm³/mol. The van der Waals surface area contributed by atoms with Crippen LogP contribution in [0.25, 0.3) is 10.2 Å². The molecule has 0 aliphatic rings. The highest BCUT2D eigenvalue weighted by Gasteiger charge is 2.10. The second-order valence-electron chi connectivity index (χ2n) is 4.91. The van der Waals surface area contributed by atoms with Crippen molar-refractivity contribution in [2.45, 2.75) is 18.4 Å². The maximum atomic E-state index is 11.8. The molecular weight excluding hydrogens is 304 g/mol. The molecule has 1 N–H and O–H groups in total. The van der Waals surface area contributed by atoms with Crippen LogP contribution in [0, 0.1) is 0 Å². The molecule has 0 aliphatic heterocycles. The summed E-state index contributed by atoms with van der Waals surface area (Å²) in [5.74, 6) is 0.427. The Labute approximate surface area is 133 Å². The summed E-state index contributed by atoms with van der Waals surface area (Å²) in [6, 6.07) is 2.13. The minimum atomic E-state index is 0.0413. The monoisotopic (exact) mass is 324 g/mol. The Kier molecular flexibility index (Phi) is 5.96. The molecule has 2 aromatic rings. The molecule has 114 valence electrons. The van der Waals surface area contributed by atoms with Gasteiger partial charge < -0.3 is 10.2 Å². The molecule has 0 saturated carbocycles. The molecule has 7 heteroatoms. The summed E-state index contributed by atoms with van der Waals surface area (Å²) >= 11 is 3.16. The normalized spacial score (nSPS) is 11.2. The fourth-order valence-corrected chi connectivity index (χ4v) is 3.58. The Morgan fingerprint density at radius 3 is 2.95 bits per heavy atom. The summed E-state index contributed by atoms with van der Waals surface area (Å²) in [7, 11) is 3.97. The number of nitrogens with one attached hydrogen (secondary N) is 1. The van der Waals surface area contributed by atoms with E-state index in [4.69, 9.17) is 0 Å². The zero-order valence-electron chi connectivity index (χ0n) is 12.5. The molecule has 21 heavy (non-hydrogen) atoms. The number of thioether (sulfide) groups is 1. The first kappa shape index (κ1) is 16.2. The van der Waals surface area contributed by atoms with Crippen LogP contribution in [0.4, 0.5) is 0 Å². The number of fused-ring (bicyclic) bond motifs is 1. The zero-order chi connectivity index (χ0) is 15.2. The molecule has 0 aromatic carbocycles. The number of hydrogen-bond donors (Lipinski definition) is 1. The van der Waals surface area contributed by atoms with Crippen molar-refractivity contribution in [2.75, 3.05) is 32.9 Å². The number of carbonyl (C=O) groups excluding carboxylic acids is 1. The SMILES string of the molecule is CCc1cc2c(SCC(=O)NCCN(C)C)ncnc2s1. The van der Waals surface area contributed by atoms with Crippen molar-refractivity contribution in [1.29, 1.82) is 0 Å². The second kappa shape index (κ2) is 7.72. The van der Waals surface area contributed by atoms with Crippen LogP contribution < -0.4 is 5.32 Å². The third-order valence-corrected chi connectivity index (χ3v) is 5.11. The van der Waals surface area contributed by atoms with Gasteiger partial charge in [-0.25, -0.2) is 9.97 Å². The molecule has 5 nitrogen and oxygen atoms in total. The quantitative estimate of drug-likeness (QED) is 0.624. The third-order valence-electron chi connectivity index (χ3n) is 2.91. The topological polar surface area (TPSA) is 58.1 Å². The minimum absolute atomic E-state index is 0.0413. The van der Waals surface area contributed by atoms with Crippen LogP contribution in [0.2, 0.25) is 0 Å². The lowest BCUT2D eigenvalue weighted by Crippen LogP contribution is -2.32. The van der Waals surface area contributed by atoms with Gasteiger partial charge in [0.15, 0.2) is 0 Å². The number of rotatable bonds is 7. The molecule has 0 spiro atoms. The Balaban J connectivity index is 1.94. The van der Waals surface area contributed by atoms with Gasteiger partial charge in [0.2, 0.25) is 5.91 Å². The van der Waals surface area contributed by atoms with E-state index in [9.17, 15) is 4.79 Å². The molecule has 2 aromatic heterocycles. The lowest BCUT2D eigenvalue weighted by molar-refractivity contribution is -0.118. The maximum Gasteiger partial charge on any atom is 0.230 e. The van der Waals surface area contributed by atoms with Crippen molar-refractivity contribution in [3.05, 3.63) is 17.3 Å². The van der Waals surface area contributed by atoms with E-state index in [-0.39, 0.29) is 5.91 Å². The maximum absolute atomic E-state index is 11.8. The van der Waals surface area contributed by atoms with Gasteiger partial charge in [-0.15, -0.1) is 11.3 Å². The molecule has 2 heterocycles. The molecule has 1 amide bonds. The van der Waals surface area contributed by atoms with Crippen LogP contribution in [0.5, 0.6) is 0 Å². The Bertz CT molecular complexity index is 612. The smallest absolute Gasteiger partial charge is 0.230 e. The summed E-state index contributed by atoms with van der Waals surface area (Å²) in [6.07, 6.45) is 2.57.